The number of carbonyl (C=O) groups excluding carboxylic acids is 1. The van der Waals surface area contributed by atoms with Gasteiger partial charge in [-0.2, -0.15) is 0 Å². The molecule has 2 nitrogen and oxygen atoms in total. The van der Waals surface area contributed by atoms with E-state index in [9.17, 15) is 4.79 Å². The maximum absolute atomic E-state index is 11.6. The average molecular weight is 219 g/mol. The Morgan fingerprint density at radius 2 is 2.19 bits per heavy atom. The molecule has 0 aliphatic carbocycles. The zero-order valence-electron chi connectivity index (χ0n) is 10.7. The van der Waals surface area contributed by atoms with Crippen LogP contribution in [0.5, 0.6) is 0 Å². The van der Waals surface area contributed by atoms with Crippen molar-refractivity contribution in [1.82, 2.24) is 4.57 Å². The van der Waals surface area contributed by atoms with Gasteiger partial charge in [-0.15, -0.1) is 0 Å². The number of ketones is 1. The average Bonchev–Trinajstić information content (AvgIpc) is 2.56. The molecule has 16 heavy (non-hydrogen) atoms. The van der Waals surface area contributed by atoms with Crippen molar-refractivity contribution in [3.8, 4) is 0 Å². The molecule has 2 rings (SSSR count). The first-order valence-electron chi connectivity index (χ1n) is 6.24. The Bertz CT molecular complexity index is 415. The molecular formula is C14H21NO. The van der Waals surface area contributed by atoms with E-state index in [0.29, 0.717) is 5.92 Å². The molecule has 0 saturated heterocycles. The van der Waals surface area contributed by atoms with Gasteiger partial charge in [-0.3, -0.25) is 4.79 Å². The molecule has 1 aromatic rings. The van der Waals surface area contributed by atoms with E-state index in [2.05, 4.69) is 31.4 Å². The molecule has 1 aliphatic heterocycles. The van der Waals surface area contributed by atoms with E-state index in [1.165, 1.54) is 17.8 Å². The van der Waals surface area contributed by atoms with E-state index >= 15 is 0 Å². The maximum Gasteiger partial charge on any atom is 0.161 e. The molecule has 0 aromatic carbocycles. The lowest BCUT2D eigenvalue weighted by atomic mass is 9.97. The van der Waals surface area contributed by atoms with Gasteiger partial charge in [-0.1, -0.05) is 20.8 Å². The van der Waals surface area contributed by atoms with Crippen molar-refractivity contribution < 1.29 is 4.79 Å². The standard InChI is InChI=1S/C14H21NO/c1-9(2)14-7-12(11(4)16)13-6-5-10(3)8-15(13)14/h7,9-10H,5-6,8H2,1-4H3. The molecule has 2 heteroatoms. The van der Waals surface area contributed by atoms with Gasteiger partial charge in [0.15, 0.2) is 5.78 Å². The predicted octanol–water partition coefficient (Wildman–Crippen LogP) is 3.40. The first-order valence-corrected chi connectivity index (χ1v) is 6.24. The van der Waals surface area contributed by atoms with Crippen LogP contribution in [0.2, 0.25) is 0 Å². The minimum atomic E-state index is 0.213. The minimum absolute atomic E-state index is 0.213. The van der Waals surface area contributed by atoms with Crippen LogP contribution in [-0.2, 0) is 13.0 Å². The number of Topliss-reactive ketones (excluding diaryl/α,β-unsaturated/α-hetero) is 1. The van der Waals surface area contributed by atoms with Crippen LogP contribution in [-0.4, -0.2) is 10.4 Å². The Morgan fingerprint density at radius 1 is 1.50 bits per heavy atom. The van der Waals surface area contributed by atoms with Gasteiger partial charge in [0.25, 0.3) is 0 Å². The summed E-state index contributed by atoms with van der Waals surface area (Å²) in [4.78, 5) is 11.6. The molecule has 0 radical (unpaired) electrons. The third-order valence-electron chi connectivity index (χ3n) is 3.58. The van der Waals surface area contributed by atoms with E-state index < -0.39 is 0 Å². The Labute approximate surface area is 97.7 Å². The topological polar surface area (TPSA) is 22.0 Å². The van der Waals surface area contributed by atoms with Crippen LogP contribution < -0.4 is 0 Å². The monoisotopic (exact) mass is 219 g/mol. The Balaban J connectivity index is 2.53. The van der Waals surface area contributed by atoms with Crippen molar-refractivity contribution in [2.24, 2.45) is 5.92 Å². The normalized spacial score (nSPS) is 19.9. The van der Waals surface area contributed by atoms with E-state index in [1.807, 2.05) is 0 Å². The number of carbonyl (C=O) groups is 1. The van der Waals surface area contributed by atoms with Crippen LogP contribution in [0.1, 0.15) is 61.8 Å². The zero-order chi connectivity index (χ0) is 11.9. The maximum atomic E-state index is 11.6. The number of aromatic nitrogens is 1. The minimum Gasteiger partial charge on any atom is -0.347 e. The van der Waals surface area contributed by atoms with Gasteiger partial charge in [0, 0.05) is 23.5 Å². The van der Waals surface area contributed by atoms with Crippen LogP contribution >= 0.6 is 0 Å². The largest absolute Gasteiger partial charge is 0.347 e. The van der Waals surface area contributed by atoms with Gasteiger partial charge < -0.3 is 4.57 Å². The number of hydrogen-bond acceptors (Lipinski definition) is 1. The fraction of sp³-hybridized carbons (Fsp3) is 0.643. The number of hydrogen-bond donors (Lipinski definition) is 0. The second-order valence-corrected chi connectivity index (χ2v) is 5.39. The van der Waals surface area contributed by atoms with Crippen molar-refractivity contribution >= 4 is 5.78 Å². The highest BCUT2D eigenvalue weighted by molar-refractivity contribution is 5.95. The molecule has 88 valence electrons. The highest BCUT2D eigenvalue weighted by atomic mass is 16.1. The highest BCUT2D eigenvalue weighted by Gasteiger charge is 2.24. The van der Waals surface area contributed by atoms with Crippen LogP contribution in [0.4, 0.5) is 0 Å². The van der Waals surface area contributed by atoms with Crippen molar-refractivity contribution in [2.45, 2.75) is 53.0 Å². The van der Waals surface area contributed by atoms with E-state index in [-0.39, 0.29) is 5.78 Å². The smallest absolute Gasteiger partial charge is 0.161 e. The van der Waals surface area contributed by atoms with Crippen LogP contribution in [0.25, 0.3) is 0 Å². The summed E-state index contributed by atoms with van der Waals surface area (Å²) in [6, 6.07) is 2.11. The first kappa shape index (κ1) is 11.4. The second-order valence-electron chi connectivity index (χ2n) is 5.39. The van der Waals surface area contributed by atoms with Gasteiger partial charge in [0.2, 0.25) is 0 Å². The number of rotatable bonds is 2. The second kappa shape index (κ2) is 4.08. The van der Waals surface area contributed by atoms with Crippen LogP contribution in [0.3, 0.4) is 0 Å². The van der Waals surface area contributed by atoms with Crippen molar-refractivity contribution in [1.29, 1.82) is 0 Å². The third kappa shape index (κ3) is 1.81. The van der Waals surface area contributed by atoms with E-state index in [1.54, 1.807) is 6.92 Å². The van der Waals surface area contributed by atoms with E-state index in [4.69, 9.17) is 0 Å². The summed E-state index contributed by atoms with van der Waals surface area (Å²) >= 11 is 0. The van der Waals surface area contributed by atoms with Gasteiger partial charge in [0.05, 0.1) is 0 Å². The summed E-state index contributed by atoms with van der Waals surface area (Å²) in [5, 5.41) is 0. The molecule has 0 N–H and O–H groups in total. The summed E-state index contributed by atoms with van der Waals surface area (Å²) in [7, 11) is 0. The molecule has 1 atom stereocenters. The van der Waals surface area contributed by atoms with Gasteiger partial charge >= 0.3 is 0 Å². The Morgan fingerprint density at radius 3 is 2.75 bits per heavy atom. The van der Waals surface area contributed by atoms with E-state index in [0.717, 1.165) is 24.4 Å². The molecule has 0 bridgehead atoms. The van der Waals surface area contributed by atoms with Gasteiger partial charge in [0.1, 0.15) is 0 Å². The molecule has 0 spiro atoms. The van der Waals surface area contributed by atoms with Crippen molar-refractivity contribution in [3.05, 3.63) is 23.0 Å². The summed E-state index contributed by atoms with van der Waals surface area (Å²) in [6.07, 6.45) is 2.27. The Kier molecular flexibility index (Phi) is 2.92. The Hall–Kier alpha value is -1.05. The summed E-state index contributed by atoms with van der Waals surface area (Å²) in [5.41, 5.74) is 3.55. The lowest BCUT2D eigenvalue weighted by molar-refractivity contribution is 0.101. The van der Waals surface area contributed by atoms with Crippen molar-refractivity contribution in [2.75, 3.05) is 0 Å². The highest BCUT2D eigenvalue weighted by Crippen LogP contribution is 2.30. The lowest BCUT2D eigenvalue weighted by Crippen LogP contribution is -2.20. The summed E-state index contributed by atoms with van der Waals surface area (Å²) in [6.45, 7) is 9.45. The van der Waals surface area contributed by atoms with Crippen LogP contribution in [0, 0.1) is 5.92 Å². The zero-order valence-corrected chi connectivity index (χ0v) is 10.7. The van der Waals surface area contributed by atoms with Crippen LogP contribution in [0.15, 0.2) is 6.07 Å². The van der Waals surface area contributed by atoms with Gasteiger partial charge in [-0.25, -0.2) is 0 Å². The molecule has 0 amide bonds. The molecule has 1 unspecified atom stereocenters. The lowest BCUT2D eigenvalue weighted by Gasteiger charge is -2.25. The molecule has 0 saturated carbocycles. The molecule has 2 heterocycles. The fourth-order valence-corrected chi connectivity index (χ4v) is 2.66. The third-order valence-corrected chi connectivity index (χ3v) is 3.58. The number of nitrogens with zero attached hydrogens (tertiary/aromatic N) is 1. The summed E-state index contributed by atoms with van der Waals surface area (Å²) < 4.78 is 2.38. The molecular weight excluding hydrogens is 198 g/mol. The predicted molar refractivity (Wildman–Crippen MR) is 66.0 cm³/mol. The first-order chi connectivity index (χ1) is 7.50. The number of fused-ring (bicyclic) bond motifs is 1. The fourth-order valence-electron chi connectivity index (χ4n) is 2.66. The molecule has 0 fully saturated rings. The quantitative estimate of drug-likeness (QED) is 0.699. The van der Waals surface area contributed by atoms with Gasteiger partial charge in [-0.05, 0) is 37.7 Å². The van der Waals surface area contributed by atoms with Crippen molar-refractivity contribution in [3.63, 3.8) is 0 Å². The SMILES string of the molecule is CC(=O)c1cc(C(C)C)n2c1CCC(C)C2. The summed E-state index contributed by atoms with van der Waals surface area (Å²) in [5.74, 6) is 1.44. The molecule has 1 aliphatic rings. The molecule has 1 aromatic heterocycles.